The largest absolute Gasteiger partial charge is 0.375 e. The van der Waals surface area contributed by atoms with Crippen molar-refractivity contribution in [1.29, 1.82) is 0 Å². The molecular weight excluding hydrogens is 266 g/mol. The molecule has 2 nitrogen and oxygen atoms in total. The van der Waals surface area contributed by atoms with Crippen LogP contribution in [0, 0.1) is 0 Å². The second-order valence-electron chi connectivity index (χ2n) is 4.02. The number of alkyl halides is 1. The van der Waals surface area contributed by atoms with Crippen molar-refractivity contribution in [3.05, 3.63) is 35.9 Å². The van der Waals surface area contributed by atoms with Crippen LogP contribution in [0.3, 0.4) is 0 Å². The fraction of sp³-hybridized carbons (Fsp3) is 0.538. The second kappa shape index (κ2) is 7.82. The zero-order chi connectivity index (χ0) is 11.8. The highest BCUT2D eigenvalue weighted by Gasteiger charge is 2.06. The highest BCUT2D eigenvalue weighted by atomic mass is 79.9. The van der Waals surface area contributed by atoms with Gasteiger partial charge in [-0.05, 0) is 19.5 Å². The molecule has 1 aromatic rings. The summed E-state index contributed by atoms with van der Waals surface area (Å²) in [4.78, 5) is 2.29. The van der Waals surface area contributed by atoms with Gasteiger partial charge in [-0.2, -0.15) is 0 Å². The van der Waals surface area contributed by atoms with Gasteiger partial charge in [0.1, 0.15) is 0 Å². The van der Waals surface area contributed by atoms with Gasteiger partial charge < -0.3 is 9.64 Å². The molecule has 16 heavy (non-hydrogen) atoms. The highest BCUT2D eigenvalue weighted by molar-refractivity contribution is 9.09. The van der Waals surface area contributed by atoms with Crippen LogP contribution in [0.4, 0.5) is 0 Å². The summed E-state index contributed by atoms with van der Waals surface area (Å²) in [6.07, 6.45) is 0. The SMILES string of the molecule is CC(CBr)N(C)CCOCc1ccccc1. The molecule has 0 aromatic heterocycles. The van der Waals surface area contributed by atoms with E-state index in [2.05, 4.69) is 46.9 Å². The smallest absolute Gasteiger partial charge is 0.0717 e. The van der Waals surface area contributed by atoms with Crippen LogP contribution in [0.15, 0.2) is 30.3 Å². The van der Waals surface area contributed by atoms with Gasteiger partial charge >= 0.3 is 0 Å². The number of hydrogen-bond donors (Lipinski definition) is 0. The van der Waals surface area contributed by atoms with E-state index in [1.807, 2.05) is 18.2 Å². The van der Waals surface area contributed by atoms with Gasteiger partial charge in [0, 0.05) is 17.9 Å². The zero-order valence-corrected chi connectivity index (χ0v) is 11.6. The molecule has 0 aliphatic rings. The molecule has 0 saturated carbocycles. The Morgan fingerprint density at radius 2 is 2.00 bits per heavy atom. The summed E-state index contributed by atoms with van der Waals surface area (Å²) in [5.41, 5.74) is 1.23. The Labute approximate surface area is 107 Å². The molecule has 0 bridgehead atoms. The summed E-state index contributed by atoms with van der Waals surface area (Å²) in [7, 11) is 2.12. The first kappa shape index (κ1) is 13.7. The van der Waals surface area contributed by atoms with Crippen LogP contribution in [0.2, 0.25) is 0 Å². The first-order valence-electron chi connectivity index (χ1n) is 5.62. The lowest BCUT2D eigenvalue weighted by Crippen LogP contribution is -2.33. The maximum absolute atomic E-state index is 5.63. The Bertz CT molecular complexity index is 279. The van der Waals surface area contributed by atoms with E-state index in [-0.39, 0.29) is 0 Å². The Hall–Kier alpha value is -0.380. The standard InChI is InChI=1S/C13H20BrNO/c1-12(10-14)15(2)8-9-16-11-13-6-4-3-5-7-13/h3-7,12H,8-11H2,1-2H3. The molecule has 0 saturated heterocycles. The van der Waals surface area contributed by atoms with Crippen LogP contribution >= 0.6 is 15.9 Å². The summed E-state index contributed by atoms with van der Waals surface area (Å²) < 4.78 is 5.63. The van der Waals surface area contributed by atoms with Gasteiger partial charge in [0.05, 0.1) is 13.2 Å². The predicted molar refractivity (Wildman–Crippen MR) is 72.0 cm³/mol. The molecule has 90 valence electrons. The Morgan fingerprint density at radius 3 is 2.62 bits per heavy atom. The molecular formula is C13H20BrNO. The first-order chi connectivity index (χ1) is 7.74. The van der Waals surface area contributed by atoms with E-state index in [0.29, 0.717) is 12.6 Å². The number of ether oxygens (including phenoxy) is 1. The molecule has 0 amide bonds. The summed E-state index contributed by atoms with van der Waals surface area (Å²) in [5.74, 6) is 0. The summed E-state index contributed by atoms with van der Waals surface area (Å²) >= 11 is 3.48. The molecule has 0 radical (unpaired) electrons. The van der Waals surface area contributed by atoms with Crippen LogP contribution in [0.25, 0.3) is 0 Å². The lowest BCUT2D eigenvalue weighted by atomic mass is 10.2. The van der Waals surface area contributed by atoms with E-state index in [4.69, 9.17) is 4.74 Å². The van der Waals surface area contributed by atoms with Crippen LogP contribution in [-0.4, -0.2) is 36.5 Å². The van der Waals surface area contributed by atoms with Crippen molar-refractivity contribution in [2.24, 2.45) is 0 Å². The summed E-state index contributed by atoms with van der Waals surface area (Å²) in [6.45, 7) is 4.66. The number of hydrogen-bond acceptors (Lipinski definition) is 2. The van der Waals surface area contributed by atoms with E-state index >= 15 is 0 Å². The Balaban J connectivity index is 2.13. The molecule has 1 atom stereocenters. The lowest BCUT2D eigenvalue weighted by Gasteiger charge is -2.22. The van der Waals surface area contributed by atoms with Crippen LogP contribution in [0.1, 0.15) is 12.5 Å². The minimum Gasteiger partial charge on any atom is -0.375 e. The summed E-state index contributed by atoms with van der Waals surface area (Å²) in [6, 6.07) is 10.8. The topological polar surface area (TPSA) is 12.5 Å². The lowest BCUT2D eigenvalue weighted by molar-refractivity contribution is 0.0928. The number of likely N-dealkylation sites (N-methyl/N-ethyl adjacent to an activating group) is 1. The van der Waals surface area contributed by atoms with E-state index in [9.17, 15) is 0 Å². The molecule has 0 heterocycles. The van der Waals surface area contributed by atoms with Gasteiger partial charge in [-0.15, -0.1) is 0 Å². The average molecular weight is 286 g/mol. The van der Waals surface area contributed by atoms with E-state index in [1.54, 1.807) is 0 Å². The van der Waals surface area contributed by atoms with Crippen molar-refractivity contribution in [2.75, 3.05) is 25.5 Å². The van der Waals surface area contributed by atoms with Gasteiger partial charge in [-0.25, -0.2) is 0 Å². The Kier molecular flexibility index (Phi) is 6.69. The Morgan fingerprint density at radius 1 is 1.31 bits per heavy atom. The minimum absolute atomic E-state index is 0.556. The van der Waals surface area contributed by atoms with E-state index < -0.39 is 0 Å². The zero-order valence-electron chi connectivity index (χ0n) is 10.0. The molecule has 1 unspecified atom stereocenters. The van der Waals surface area contributed by atoms with Crippen molar-refractivity contribution in [2.45, 2.75) is 19.6 Å². The molecule has 0 spiro atoms. The normalized spacial score (nSPS) is 13.0. The van der Waals surface area contributed by atoms with Crippen LogP contribution in [0.5, 0.6) is 0 Å². The van der Waals surface area contributed by atoms with Crippen molar-refractivity contribution in [3.63, 3.8) is 0 Å². The predicted octanol–water partition coefficient (Wildman–Crippen LogP) is 2.92. The quantitative estimate of drug-likeness (QED) is 0.564. The maximum Gasteiger partial charge on any atom is 0.0717 e. The third-order valence-electron chi connectivity index (χ3n) is 2.68. The minimum atomic E-state index is 0.556. The number of rotatable bonds is 7. The van der Waals surface area contributed by atoms with Gasteiger partial charge in [0.25, 0.3) is 0 Å². The third-order valence-corrected chi connectivity index (χ3v) is 3.61. The number of halogens is 1. The molecule has 3 heteroatoms. The first-order valence-corrected chi connectivity index (χ1v) is 6.74. The van der Waals surface area contributed by atoms with E-state index in [0.717, 1.165) is 18.5 Å². The number of nitrogens with zero attached hydrogens (tertiary/aromatic N) is 1. The molecule has 1 aromatic carbocycles. The van der Waals surface area contributed by atoms with Crippen molar-refractivity contribution >= 4 is 15.9 Å². The van der Waals surface area contributed by atoms with Gasteiger partial charge in [-0.3, -0.25) is 0 Å². The summed E-state index contributed by atoms with van der Waals surface area (Å²) in [5, 5.41) is 1.00. The van der Waals surface area contributed by atoms with Gasteiger partial charge in [-0.1, -0.05) is 46.3 Å². The molecule has 1 rings (SSSR count). The fourth-order valence-corrected chi connectivity index (χ4v) is 1.81. The van der Waals surface area contributed by atoms with Crippen LogP contribution < -0.4 is 0 Å². The van der Waals surface area contributed by atoms with Crippen LogP contribution in [-0.2, 0) is 11.3 Å². The van der Waals surface area contributed by atoms with Crippen molar-refractivity contribution in [1.82, 2.24) is 4.90 Å². The van der Waals surface area contributed by atoms with E-state index in [1.165, 1.54) is 5.56 Å². The van der Waals surface area contributed by atoms with Gasteiger partial charge in [0.2, 0.25) is 0 Å². The monoisotopic (exact) mass is 285 g/mol. The average Bonchev–Trinajstić information content (AvgIpc) is 2.34. The maximum atomic E-state index is 5.63. The molecule has 0 aliphatic heterocycles. The molecule has 0 N–H and O–H groups in total. The van der Waals surface area contributed by atoms with Crippen molar-refractivity contribution in [3.8, 4) is 0 Å². The molecule has 0 fully saturated rings. The van der Waals surface area contributed by atoms with Crippen molar-refractivity contribution < 1.29 is 4.74 Å². The fourth-order valence-electron chi connectivity index (χ4n) is 1.31. The molecule has 0 aliphatic carbocycles. The highest BCUT2D eigenvalue weighted by Crippen LogP contribution is 2.02. The third kappa shape index (κ3) is 5.10. The number of benzene rings is 1. The second-order valence-corrected chi connectivity index (χ2v) is 4.67. The van der Waals surface area contributed by atoms with Gasteiger partial charge in [0.15, 0.2) is 0 Å².